The van der Waals surface area contributed by atoms with Crippen LogP contribution in [0.2, 0.25) is 0 Å². The van der Waals surface area contributed by atoms with Crippen molar-refractivity contribution in [1.82, 2.24) is 0 Å². The molecule has 0 aromatic heterocycles. The average Bonchev–Trinajstić information content (AvgIpc) is 2.50. The molecule has 5 nitrogen and oxygen atoms in total. The van der Waals surface area contributed by atoms with Crippen LogP contribution in [0.4, 0.5) is 0 Å². The molecule has 0 heterocycles. The van der Waals surface area contributed by atoms with E-state index in [0.29, 0.717) is 0 Å². The van der Waals surface area contributed by atoms with Crippen LogP contribution in [0.15, 0.2) is 75.3 Å². The molecule has 0 radical (unpaired) electrons. The molecule has 0 amide bonds. The van der Waals surface area contributed by atoms with Crippen molar-refractivity contribution in [1.29, 1.82) is 0 Å². The van der Waals surface area contributed by atoms with E-state index in [-0.39, 0.29) is 11.1 Å². The minimum absolute atomic E-state index is 0.0833. The summed E-state index contributed by atoms with van der Waals surface area (Å²) in [5.74, 6) is -2.13. The fraction of sp³-hybridized carbons (Fsp3) is 0.111. The van der Waals surface area contributed by atoms with E-state index in [4.69, 9.17) is 10.2 Å². The van der Waals surface area contributed by atoms with Gasteiger partial charge in [-0.3, -0.25) is 0 Å². The molecule has 0 aliphatic carbocycles. The monoisotopic (exact) mass is 320 g/mol. The standard InChI is InChI=1S/C8H6O4.C4H6O.2C3H6/c9-7(10)5-1-2-6(4-3-5)8(11)12;1-3-5-4-2;2*1-3-2/h1-4H,(H,9,10)(H,11,12);3-4H,1-2H2;2*3H,1H2,2H3. The molecule has 0 spiro atoms. The zero-order chi connectivity index (χ0) is 18.7. The van der Waals surface area contributed by atoms with Gasteiger partial charge in [0, 0.05) is 0 Å². The second-order valence-corrected chi connectivity index (χ2v) is 3.47. The highest BCUT2D eigenvalue weighted by Crippen LogP contribution is 2.03. The van der Waals surface area contributed by atoms with Gasteiger partial charge in [0.1, 0.15) is 0 Å². The third-order valence-corrected chi connectivity index (χ3v) is 1.57. The predicted molar refractivity (Wildman–Crippen MR) is 93.6 cm³/mol. The largest absolute Gasteiger partial charge is 0.478 e. The van der Waals surface area contributed by atoms with E-state index in [9.17, 15) is 9.59 Å². The molecule has 5 heteroatoms. The van der Waals surface area contributed by atoms with E-state index in [1.54, 1.807) is 12.2 Å². The highest BCUT2D eigenvalue weighted by Gasteiger charge is 2.04. The smallest absolute Gasteiger partial charge is 0.335 e. The molecule has 0 saturated carbocycles. The van der Waals surface area contributed by atoms with Crippen molar-refractivity contribution in [3.63, 3.8) is 0 Å². The predicted octanol–water partition coefficient (Wildman–Crippen LogP) is 4.76. The van der Waals surface area contributed by atoms with Crippen LogP contribution in [0, 0.1) is 0 Å². The van der Waals surface area contributed by atoms with Crippen LogP contribution in [0.3, 0.4) is 0 Å². The summed E-state index contributed by atoms with van der Waals surface area (Å²) in [6, 6.07) is 5.02. The van der Waals surface area contributed by atoms with Gasteiger partial charge >= 0.3 is 11.9 Å². The second-order valence-electron chi connectivity index (χ2n) is 3.47. The maximum absolute atomic E-state index is 10.3. The van der Waals surface area contributed by atoms with Crippen LogP contribution in [0.5, 0.6) is 0 Å². The number of hydrogen-bond acceptors (Lipinski definition) is 3. The Labute approximate surface area is 137 Å². The van der Waals surface area contributed by atoms with Gasteiger partial charge in [-0.1, -0.05) is 25.3 Å². The maximum atomic E-state index is 10.3. The lowest BCUT2D eigenvalue weighted by molar-refractivity contribution is 0.0681. The molecule has 0 aliphatic heterocycles. The number of aromatic carboxylic acids is 2. The van der Waals surface area contributed by atoms with Crippen LogP contribution in [-0.4, -0.2) is 22.2 Å². The molecule has 2 N–H and O–H groups in total. The van der Waals surface area contributed by atoms with Crippen LogP contribution < -0.4 is 0 Å². The zero-order valence-electron chi connectivity index (χ0n) is 13.6. The van der Waals surface area contributed by atoms with Crippen LogP contribution in [0.25, 0.3) is 0 Å². The summed E-state index contributed by atoms with van der Waals surface area (Å²) in [6.45, 7) is 17.0. The number of rotatable bonds is 4. The summed E-state index contributed by atoms with van der Waals surface area (Å²) < 4.78 is 4.36. The van der Waals surface area contributed by atoms with Gasteiger partial charge < -0.3 is 14.9 Å². The van der Waals surface area contributed by atoms with Gasteiger partial charge in [0.2, 0.25) is 0 Å². The number of allylic oxidation sites excluding steroid dienone is 2. The first-order valence-electron chi connectivity index (χ1n) is 6.44. The Morgan fingerprint density at radius 2 is 1.04 bits per heavy atom. The van der Waals surface area contributed by atoms with E-state index in [1.165, 1.54) is 36.8 Å². The fourth-order valence-electron chi connectivity index (χ4n) is 0.823. The third-order valence-electron chi connectivity index (χ3n) is 1.57. The molecule has 0 aliphatic rings. The summed E-state index contributed by atoms with van der Waals surface area (Å²) in [6.07, 6.45) is 6.12. The Morgan fingerprint density at radius 3 is 1.13 bits per heavy atom. The quantitative estimate of drug-likeness (QED) is 0.617. The summed E-state index contributed by atoms with van der Waals surface area (Å²) >= 11 is 0. The van der Waals surface area contributed by atoms with Gasteiger partial charge in [0.05, 0.1) is 23.7 Å². The molecular formula is C18H24O5. The van der Waals surface area contributed by atoms with Crippen molar-refractivity contribution in [2.24, 2.45) is 0 Å². The molecule has 0 saturated heterocycles. The van der Waals surface area contributed by atoms with Crippen molar-refractivity contribution >= 4 is 11.9 Å². The van der Waals surface area contributed by atoms with Gasteiger partial charge in [-0.25, -0.2) is 9.59 Å². The molecule has 1 rings (SSSR count). The molecular weight excluding hydrogens is 296 g/mol. The van der Waals surface area contributed by atoms with Crippen molar-refractivity contribution in [2.75, 3.05) is 0 Å². The topological polar surface area (TPSA) is 83.8 Å². The lowest BCUT2D eigenvalue weighted by atomic mass is 10.1. The van der Waals surface area contributed by atoms with Crippen molar-refractivity contribution < 1.29 is 24.5 Å². The Hall–Kier alpha value is -3.08. The number of hydrogen-bond donors (Lipinski definition) is 2. The molecule has 0 bridgehead atoms. The SMILES string of the molecule is C=CC.C=CC.C=COC=C.O=C(O)c1ccc(C(=O)O)cc1. The molecule has 0 fully saturated rings. The first-order valence-corrected chi connectivity index (χ1v) is 6.44. The van der Waals surface area contributed by atoms with Gasteiger partial charge in [0.15, 0.2) is 0 Å². The molecule has 1 aromatic carbocycles. The average molecular weight is 320 g/mol. The molecule has 0 atom stereocenters. The number of carboxylic acid groups (broad SMARTS) is 2. The molecule has 23 heavy (non-hydrogen) atoms. The first-order chi connectivity index (χ1) is 10.9. The van der Waals surface area contributed by atoms with E-state index in [0.717, 1.165) is 0 Å². The Morgan fingerprint density at radius 1 is 0.826 bits per heavy atom. The third kappa shape index (κ3) is 18.9. The Balaban J connectivity index is -0.000000303. The van der Waals surface area contributed by atoms with Gasteiger partial charge in [-0.15, -0.1) is 13.2 Å². The Bertz CT molecular complexity index is 442. The summed E-state index contributed by atoms with van der Waals surface area (Å²) in [4.78, 5) is 20.7. The van der Waals surface area contributed by atoms with E-state index < -0.39 is 11.9 Å². The fourth-order valence-corrected chi connectivity index (χ4v) is 0.823. The number of carbonyl (C=O) groups is 2. The van der Waals surface area contributed by atoms with Crippen molar-refractivity contribution in [2.45, 2.75) is 13.8 Å². The Kier molecular flexibility index (Phi) is 20.5. The lowest BCUT2D eigenvalue weighted by Crippen LogP contribution is -1.99. The normalized spacial score (nSPS) is 7.22. The molecule has 0 unspecified atom stereocenters. The number of carboxylic acids is 2. The minimum Gasteiger partial charge on any atom is -0.478 e. The van der Waals surface area contributed by atoms with Gasteiger partial charge in [-0.2, -0.15) is 0 Å². The summed E-state index contributed by atoms with van der Waals surface area (Å²) in [7, 11) is 0. The maximum Gasteiger partial charge on any atom is 0.335 e. The zero-order valence-corrected chi connectivity index (χ0v) is 13.6. The van der Waals surface area contributed by atoms with E-state index >= 15 is 0 Å². The lowest BCUT2D eigenvalue weighted by Gasteiger charge is -1.94. The van der Waals surface area contributed by atoms with Crippen LogP contribution in [-0.2, 0) is 4.74 Å². The highest BCUT2D eigenvalue weighted by molar-refractivity contribution is 5.91. The summed E-state index contributed by atoms with van der Waals surface area (Å²) in [5, 5.41) is 16.9. The van der Waals surface area contributed by atoms with Gasteiger partial charge in [0.25, 0.3) is 0 Å². The van der Waals surface area contributed by atoms with Gasteiger partial charge in [-0.05, 0) is 38.1 Å². The van der Waals surface area contributed by atoms with Crippen LogP contribution in [0.1, 0.15) is 34.6 Å². The summed E-state index contributed by atoms with van der Waals surface area (Å²) in [5.41, 5.74) is 0.167. The van der Waals surface area contributed by atoms with Crippen molar-refractivity contribution in [3.05, 3.63) is 86.4 Å². The second kappa shape index (κ2) is 18.9. The van der Waals surface area contributed by atoms with E-state index in [1.807, 2.05) is 13.8 Å². The number of benzene rings is 1. The van der Waals surface area contributed by atoms with Crippen LogP contribution >= 0.6 is 0 Å². The molecule has 126 valence electrons. The minimum atomic E-state index is -1.06. The highest BCUT2D eigenvalue weighted by atomic mass is 16.5. The van der Waals surface area contributed by atoms with Crippen molar-refractivity contribution in [3.8, 4) is 0 Å². The molecule has 1 aromatic rings. The van der Waals surface area contributed by atoms with E-state index in [2.05, 4.69) is 31.1 Å². The number of ether oxygens (including phenoxy) is 1. The first kappa shape index (κ1) is 24.9.